The minimum atomic E-state index is -0.153. The molecule has 0 saturated heterocycles. The zero-order chi connectivity index (χ0) is 11.7. The van der Waals surface area contributed by atoms with Crippen LogP contribution in [-0.2, 0) is 0 Å². The van der Waals surface area contributed by atoms with Crippen LogP contribution in [-0.4, -0.2) is 15.0 Å². The first kappa shape index (κ1) is 11.5. The van der Waals surface area contributed by atoms with Gasteiger partial charge in [-0.1, -0.05) is 11.6 Å². The number of H-pyrrole nitrogens is 1. The highest BCUT2D eigenvalue weighted by molar-refractivity contribution is 14.1. The monoisotopic (exact) mass is 347 g/mol. The number of hydrogen-bond acceptors (Lipinski definition) is 3. The number of rotatable bonds is 1. The van der Waals surface area contributed by atoms with Gasteiger partial charge in [0.25, 0.3) is 5.56 Å². The van der Waals surface area contributed by atoms with Gasteiger partial charge in [0.2, 0.25) is 0 Å². The van der Waals surface area contributed by atoms with Gasteiger partial charge in [0, 0.05) is 6.20 Å². The van der Waals surface area contributed by atoms with E-state index >= 15 is 0 Å². The van der Waals surface area contributed by atoms with E-state index in [1.54, 1.807) is 19.1 Å². The summed E-state index contributed by atoms with van der Waals surface area (Å²) in [4.78, 5) is 22.6. The maximum atomic E-state index is 11.5. The molecular weight excluding hydrogens is 340 g/mol. The van der Waals surface area contributed by atoms with E-state index in [1.165, 1.54) is 6.20 Å². The van der Waals surface area contributed by atoms with Gasteiger partial charge in [0.15, 0.2) is 5.82 Å². The van der Waals surface area contributed by atoms with Crippen LogP contribution in [0.15, 0.2) is 23.1 Å². The first-order valence-electron chi connectivity index (χ1n) is 4.46. The smallest absolute Gasteiger partial charge is 0.264 e. The fourth-order valence-corrected chi connectivity index (χ4v) is 1.58. The minimum Gasteiger partial charge on any atom is -0.304 e. The molecule has 2 rings (SSSR count). The van der Waals surface area contributed by atoms with Crippen molar-refractivity contribution >= 4 is 34.2 Å². The number of halogens is 2. The van der Waals surface area contributed by atoms with Crippen molar-refractivity contribution in [2.24, 2.45) is 0 Å². The fraction of sp³-hybridized carbons (Fsp3) is 0.100. The first-order chi connectivity index (χ1) is 7.58. The topological polar surface area (TPSA) is 58.6 Å². The molecule has 82 valence electrons. The Morgan fingerprint density at radius 2 is 2.19 bits per heavy atom. The number of pyridine rings is 1. The summed E-state index contributed by atoms with van der Waals surface area (Å²) in [5.41, 5.74) is 1.14. The molecule has 2 aromatic rings. The van der Waals surface area contributed by atoms with Crippen molar-refractivity contribution in [1.29, 1.82) is 0 Å². The van der Waals surface area contributed by atoms with Crippen molar-refractivity contribution in [3.8, 4) is 11.5 Å². The van der Waals surface area contributed by atoms with Crippen LogP contribution in [0.3, 0.4) is 0 Å². The van der Waals surface area contributed by atoms with Gasteiger partial charge in [-0.05, 0) is 41.6 Å². The quantitative estimate of drug-likeness (QED) is 0.806. The highest BCUT2D eigenvalue weighted by Crippen LogP contribution is 2.14. The number of nitrogens with zero attached hydrogens (tertiary/aromatic N) is 2. The van der Waals surface area contributed by atoms with E-state index in [4.69, 9.17) is 11.6 Å². The molecule has 2 aromatic heterocycles. The number of hydrogen-bond donors (Lipinski definition) is 1. The average molecular weight is 348 g/mol. The molecule has 0 aromatic carbocycles. The number of aryl methyl sites for hydroxylation is 1. The summed E-state index contributed by atoms with van der Waals surface area (Å²) in [6, 6.07) is 3.42. The summed E-state index contributed by atoms with van der Waals surface area (Å²) >= 11 is 7.69. The summed E-state index contributed by atoms with van der Waals surface area (Å²) in [7, 11) is 0. The lowest BCUT2D eigenvalue weighted by Crippen LogP contribution is -2.14. The molecular formula is C10H7ClIN3O. The van der Waals surface area contributed by atoms with Crippen LogP contribution in [0.4, 0.5) is 0 Å². The average Bonchev–Trinajstić information content (AvgIpc) is 2.26. The van der Waals surface area contributed by atoms with E-state index < -0.39 is 0 Å². The molecule has 0 spiro atoms. The predicted octanol–water partition coefficient (Wildman–Crippen LogP) is 2.40. The van der Waals surface area contributed by atoms with E-state index in [2.05, 4.69) is 15.0 Å². The summed E-state index contributed by atoms with van der Waals surface area (Å²) < 4.78 is 0.593. The van der Waals surface area contributed by atoms with Gasteiger partial charge in [0.1, 0.15) is 5.69 Å². The van der Waals surface area contributed by atoms with Gasteiger partial charge < -0.3 is 4.98 Å². The zero-order valence-electron chi connectivity index (χ0n) is 8.29. The third-order valence-corrected chi connectivity index (χ3v) is 3.49. The van der Waals surface area contributed by atoms with Crippen molar-refractivity contribution in [3.05, 3.63) is 43.0 Å². The maximum absolute atomic E-state index is 11.5. The Morgan fingerprint density at radius 3 is 2.75 bits per heavy atom. The maximum Gasteiger partial charge on any atom is 0.264 e. The van der Waals surface area contributed by atoms with Crippen LogP contribution in [0, 0.1) is 10.5 Å². The normalized spacial score (nSPS) is 10.4. The largest absolute Gasteiger partial charge is 0.304 e. The Hall–Kier alpha value is -0.950. The highest BCUT2D eigenvalue weighted by Gasteiger charge is 2.07. The Kier molecular flexibility index (Phi) is 3.25. The molecule has 0 aliphatic rings. The molecule has 0 aliphatic heterocycles. The van der Waals surface area contributed by atoms with Gasteiger partial charge in [0.05, 0.1) is 14.3 Å². The molecule has 0 fully saturated rings. The van der Waals surface area contributed by atoms with Crippen LogP contribution < -0.4 is 5.56 Å². The highest BCUT2D eigenvalue weighted by atomic mass is 127. The van der Waals surface area contributed by atoms with Crippen molar-refractivity contribution in [1.82, 2.24) is 15.0 Å². The SMILES string of the molecule is Cc1nc(-c2ccc(Cl)cn2)[nH]c(=O)c1I. The molecule has 1 N–H and O–H groups in total. The molecule has 0 radical (unpaired) electrons. The molecule has 0 atom stereocenters. The molecule has 0 unspecified atom stereocenters. The standard InChI is InChI=1S/C10H7ClIN3O/c1-5-8(12)10(16)15-9(14-5)7-3-2-6(11)4-13-7/h2-4H,1H3,(H,14,15,16). The third kappa shape index (κ3) is 2.25. The van der Waals surface area contributed by atoms with E-state index in [-0.39, 0.29) is 5.56 Å². The molecule has 6 heteroatoms. The fourth-order valence-electron chi connectivity index (χ4n) is 1.21. The van der Waals surface area contributed by atoms with E-state index in [1.807, 2.05) is 22.6 Å². The van der Waals surface area contributed by atoms with Crippen molar-refractivity contribution < 1.29 is 0 Å². The van der Waals surface area contributed by atoms with Crippen LogP contribution >= 0.6 is 34.2 Å². The van der Waals surface area contributed by atoms with Crippen molar-refractivity contribution in [3.63, 3.8) is 0 Å². The molecule has 0 saturated carbocycles. The Balaban J connectivity index is 2.57. The second-order valence-electron chi connectivity index (χ2n) is 3.18. The molecule has 0 bridgehead atoms. The van der Waals surface area contributed by atoms with Crippen molar-refractivity contribution in [2.45, 2.75) is 6.92 Å². The Labute approximate surface area is 110 Å². The van der Waals surface area contributed by atoms with E-state index in [0.29, 0.717) is 25.8 Å². The lowest BCUT2D eigenvalue weighted by atomic mass is 10.3. The van der Waals surface area contributed by atoms with Crippen LogP contribution in [0.25, 0.3) is 11.5 Å². The molecule has 0 aliphatic carbocycles. The van der Waals surface area contributed by atoms with Gasteiger partial charge in [-0.2, -0.15) is 0 Å². The van der Waals surface area contributed by atoms with Crippen LogP contribution in [0.2, 0.25) is 5.02 Å². The van der Waals surface area contributed by atoms with E-state index in [0.717, 1.165) is 0 Å². The van der Waals surface area contributed by atoms with Crippen LogP contribution in [0.5, 0.6) is 0 Å². The second kappa shape index (κ2) is 4.50. The third-order valence-electron chi connectivity index (χ3n) is 2.00. The zero-order valence-corrected chi connectivity index (χ0v) is 11.2. The molecule has 2 heterocycles. The predicted molar refractivity (Wildman–Crippen MR) is 70.6 cm³/mol. The molecule has 4 nitrogen and oxygen atoms in total. The van der Waals surface area contributed by atoms with Crippen LogP contribution in [0.1, 0.15) is 5.69 Å². The number of nitrogens with one attached hydrogen (secondary N) is 1. The van der Waals surface area contributed by atoms with Crippen molar-refractivity contribution in [2.75, 3.05) is 0 Å². The summed E-state index contributed by atoms with van der Waals surface area (Å²) in [5, 5.41) is 0.549. The van der Waals surface area contributed by atoms with Gasteiger partial charge in [-0.25, -0.2) is 4.98 Å². The van der Waals surface area contributed by atoms with Gasteiger partial charge in [-0.3, -0.25) is 9.78 Å². The number of aromatic amines is 1. The second-order valence-corrected chi connectivity index (χ2v) is 4.69. The number of aromatic nitrogens is 3. The Bertz CT molecular complexity index is 580. The lowest BCUT2D eigenvalue weighted by molar-refractivity contribution is 1.04. The first-order valence-corrected chi connectivity index (χ1v) is 5.92. The molecule has 0 amide bonds. The summed E-state index contributed by atoms with van der Waals surface area (Å²) in [6.45, 7) is 1.79. The molecule has 16 heavy (non-hydrogen) atoms. The van der Waals surface area contributed by atoms with E-state index in [9.17, 15) is 4.79 Å². The summed E-state index contributed by atoms with van der Waals surface area (Å²) in [5.74, 6) is 0.458. The van der Waals surface area contributed by atoms with Gasteiger partial charge >= 0.3 is 0 Å². The van der Waals surface area contributed by atoms with Gasteiger partial charge in [-0.15, -0.1) is 0 Å². The minimum absolute atomic E-state index is 0.153. The Morgan fingerprint density at radius 1 is 1.44 bits per heavy atom. The lowest BCUT2D eigenvalue weighted by Gasteiger charge is -2.02. The summed E-state index contributed by atoms with van der Waals surface area (Å²) in [6.07, 6.45) is 1.52.